The molecule has 0 fully saturated rings. The Labute approximate surface area is 149 Å². The fraction of sp³-hybridized carbons (Fsp3) is 0.227. The highest BCUT2D eigenvalue weighted by molar-refractivity contribution is 5.90. The van der Waals surface area contributed by atoms with E-state index in [9.17, 15) is 4.79 Å². The molecular weight excluding hydrogens is 308 g/mol. The quantitative estimate of drug-likeness (QED) is 0.657. The van der Waals surface area contributed by atoms with Gasteiger partial charge in [-0.2, -0.15) is 0 Å². The highest BCUT2D eigenvalue weighted by atomic mass is 16.2. The first-order valence-electron chi connectivity index (χ1n) is 8.55. The van der Waals surface area contributed by atoms with E-state index in [0.29, 0.717) is 6.54 Å². The van der Waals surface area contributed by atoms with E-state index < -0.39 is 0 Å². The summed E-state index contributed by atoms with van der Waals surface area (Å²) in [5.74, 6) is 0. The van der Waals surface area contributed by atoms with Crippen LogP contribution in [0.1, 0.15) is 31.9 Å². The van der Waals surface area contributed by atoms with E-state index in [1.807, 2.05) is 36.4 Å². The van der Waals surface area contributed by atoms with E-state index in [-0.39, 0.29) is 11.4 Å². The number of benzene rings is 3. The van der Waals surface area contributed by atoms with Crippen molar-refractivity contribution in [1.82, 2.24) is 5.32 Å². The van der Waals surface area contributed by atoms with Gasteiger partial charge in [0, 0.05) is 12.2 Å². The van der Waals surface area contributed by atoms with E-state index in [1.54, 1.807) is 0 Å². The topological polar surface area (TPSA) is 41.1 Å². The maximum atomic E-state index is 12.2. The summed E-state index contributed by atoms with van der Waals surface area (Å²) in [5, 5.41) is 8.17. The Balaban J connectivity index is 1.63. The standard InChI is InChI=1S/C22H24N2O/c1-22(2,3)18-11-13-19(14-12-18)24-21(25)23-15-17-9-6-8-16-7-4-5-10-20(16)17/h4-14H,15H2,1-3H3,(H2,23,24,25). The summed E-state index contributed by atoms with van der Waals surface area (Å²) < 4.78 is 0. The second-order valence-electron chi connectivity index (χ2n) is 7.27. The van der Waals surface area contributed by atoms with Crippen LogP contribution in [0.25, 0.3) is 10.8 Å². The van der Waals surface area contributed by atoms with Gasteiger partial charge in [0.1, 0.15) is 0 Å². The maximum absolute atomic E-state index is 12.2. The monoisotopic (exact) mass is 332 g/mol. The van der Waals surface area contributed by atoms with Crippen molar-refractivity contribution in [2.24, 2.45) is 0 Å². The average molecular weight is 332 g/mol. The lowest BCUT2D eigenvalue weighted by Crippen LogP contribution is -2.28. The van der Waals surface area contributed by atoms with Gasteiger partial charge in [-0.1, -0.05) is 75.4 Å². The Morgan fingerprint density at radius 3 is 2.28 bits per heavy atom. The number of fused-ring (bicyclic) bond motifs is 1. The Hall–Kier alpha value is -2.81. The molecule has 0 saturated heterocycles. The molecule has 0 aliphatic rings. The summed E-state index contributed by atoms with van der Waals surface area (Å²) in [6.45, 7) is 7.01. The SMILES string of the molecule is CC(C)(C)c1ccc(NC(=O)NCc2cccc3ccccc23)cc1. The van der Waals surface area contributed by atoms with Gasteiger partial charge in [-0.25, -0.2) is 4.79 Å². The van der Waals surface area contributed by atoms with Gasteiger partial charge in [-0.3, -0.25) is 0 Å². The van der Waals surface area contributed by atoms with Crippen LogP contribution in [-0.4, -0.2) is 6.03 Å². The minimum atomic E-state index is -0.198. The van der Waals surface area contributed by atoms with Gasteiger partial charge in [0.05, 0.1) is 0 Å². The van der Waals surface area contributed by atoms with E-state index in [1.165, 1.54) is 16.3 Å². The number of rotatable bonds is 3. The second kappa shape index (κ2) is 6.98. The van der Waals surface area contributed by atoms with Crippen LogP contribution in [0.2, 0.25) is 0 Å². The van der Waals surface area contributed by atoms with Gasteiger partial charge >= 0.3 is 6.03 Å². The maximum Gasteiger partial charge on any atom is 0.319 e. The van der Waals surface area contributed by atoms with E-state index >= 15 is 0 Å². The van der Waals surface area contributed by atoms with Crippen molar-refractivity contribution >= 4 is 22.5 Å². The molecule has 2 N–H and O–H groups in total. The third kappa shape index (κ3) is 4.18. The largest absolute Gasteiger partial charge is 0.334 e. The molecule has 128 valence electrons. The van der Waals surface area contributed by atoms with Gasteiger partial charge in [0.15, 0.2) is 0 Å². The number of carbonyl (C=O) groups is 1. The van der Waals surface area contributed by atoms with Crippen LogP contribution in [0, 0.1) is 0 Å². The number of urea groups is 1. The van der Waals surface area contributed by atoms with Gasteiger partial charge in [-0.15, -0.1) is 0 Å². The van der Waals surface area contributed by atoms with Crippen molar-refractivity contribution in [3.05, 3.63) is 77.9 Å². The van der Waals surface area contributed by atoms with Crippen molar-refractivity contribution in [3.8, 4) is 0 Å². The van der Waals surface area contributed by atoms with Crippen LogP contribution in [-0.2, 0) is 12.0 Å². The molecule has 0 aromatic heterocycles. The predicted molar refractivity (Wildman–Crippen MR) is 105 cm³/mol. The molecule has 25 heavy (non-hydrogen) atoms. The molecule has 3 aromatic rings. The molecule has 0 radical (unpaired) electrons. The van der Waals surface area contributed by atoms with Crippen LogP contribution in [0.4, 0.5) is 10.5 Å². The lowest BCUT2D eigenvalue weighted by atomic mass is 9.87. The molecule has 0 unspecified atom stereocenters. The zero-order valence-corrected chi connectivity index (χ0v) is 15.0. The fourth-order valence-electron chi connectivity index (χ4n) is 2.85. The number of hydrogen-bond donors (Lipinski definition) is 2. The van der Waals surface area contributed by atoms with E-state index in [0.717, 1.165) is 11.3 Å². The van der Waals surface area contributed by atoms with Crippen molar-refractivity contribution in [1.29, 1.82) is 0 Å². The van der Waals surface area contributed by atoms with Crippen molar-refractivity contribution in [2.75, 3.05) is 5.32 Å². The van der Waals surface area contributed by atoms with Crippen LogP contribution in [0.15, 0.2) is 66.7 Å². The molecule has 0 saturated carbocycles. The Morgan fingerprint density at radius 1 is 0.880 bits per heavy atom. The Bertz CT molecular complexity index is 871. The summed E-state index contributed by atoms with van der Waals surface area (Å²) in [7, 11) is 0. The first-order chi connectivity index (χ1) is 11.9. The van der Waals surface area contributed by atoms with E-state index in [4.69, 9.17) is 0 Å². The zero-order valence-electron chi connectivity index (χ0n) is 15.0. The highest BCUT2D eigenvalue weighted by Crippen LogP contribution is 2.23. The lowest BCUT2D eigenvalue weighted by molar-refractivity contribution is 0.252. The zero-order chi connectivity index (χ0) is 17.9. The van der Waals surface area contributed by atoms with Crippen LogP contribution < -0.4 is 10.6 Å². The normalized spacial score (nSPS) is 11.3. The van der Waals surface area contributed by atoms with Gasteiger partial charge in [0.25, 0.3) is 0 Å². The smallest absolute Gasteiger partial charge is 0.319 e. The Morgan fingerprint density at radius 2 is 1.56 bits per heavy atom. The average Bonchev–Trinajstić information content (AvgIpc) is 2.59. The molecule has 3 heteroatoms. The van der Waals surface area contributed by atoms with Gasteiger partial charge < -0.3 is 10.6 Å². The molecule has 0 aliphatic carbocycles. The summed E-state index contributed by atoms with van der Waals surface area (Å²) in [6, 6.07) is 22.1. The van der Waals surface area contributed by atoms with Crippen LogP contribution in [0.5, 0.6) is 0 Å². The second-order valence-corrected chi connectivity index (χ2v) is 7.27. The number of nitrogens with one attached hydrogen (secondary N) is 2. The molecule has 0 heterocycles. The number of hydrogen-bond acceptors (Lipinski definition) is 1. The van der Waals surface area contributed by atoms with Crippen molar-refractivity contribution in [2.45, 2.75) is 32.7 Å². The van der Waals surface area contributed by atoms with E-state index in [2.05, 4.69) is 61.7 Å². The summed E-state index contributed by atoms with van der Waals surface area (Å²) in [4.78, 5) is 12.2. The van der Waals surface area contributed by atoms with Gasteiger partial charge in [0.2, 0.25) is 0 Å². The molecule has 3 rings (SSSR count). The fourth-order valence-corrected chi connectivity index (χ4v) is 2.85. The van der Waals surface area contributed by atoms with Crippen molar-refractivity contribution < 1.29 is 4.79 Å². The summed E-state index contributed by atoms with van der Waals surface area (Å²) in [6.07, 6.45) is 0. The van der Waals surface area contributed by atoms with Crippen LogP contribution in [0.3, 0.4) is 0 Å². The molecule has 0 atom stereocenters. The number of amides is 2. The predicted octanol–water partition coefficient (Wildman–Crippen LogP) is 5.46. The molecule has 3 aromatic carbocycles. The molecular formula is C22H24N2O. The first kappa shape index (κ1) is 17.0. The molecule has 3 nitrogen and oxygen atoms in total. The molecule has 0 bridgehead atoms. The number of carbonyl (C=O) groups excluding carboxylic acids is 1. The molecule has 0 spiro atoms. The summed E-state index contributed by atoms with van der Waals surface area (Å²) in [5.41, 5.74) is 3.25. The minimum absolute atomic E-state index is 0.106. The minimum Gasteiger partial charge on any atom is -0.334 e. The third-order valence-electron chi connectivity index (χ3n) is 4.33. The Kier molecular flexibility index (Phi) is 4.75. The molecule has 2 amide bonds. The first-order valence-corrected chi connectivity index (χ1v) is 8.55. The van der Waals surface area contributed by atoms with Crippen LogP contribution >= 0.6 is 0 Å². The highest BCUT2D eigenvalue weighted by Gasteiger charge is 2.13. The lowest BCUT2D eigenvalue weighted by Gasteiger charge is -2.19. The number of anilines is 1. The molecule has 0 aliphatic heterocycles. The summed E-state index contributed by atoms with van der Waals surface area (Å²) >= 11 is 0. The van der Waals surface area contributed by atoms with Crippen molar-refractivity contribution in [3.63, 3.8) is 0 Å². The third-order valence-corrected chi connectivity index (χ3v) is 4.33. The van der Waals surface area contributed by atoms with Gasteiger partial charge in [-0.05, 0) is 39.4 Å².